The Morgan fingerprint density at radius 3 is 2.29 bits per heavy atom. The molecule has 4 nitrogen and oxygen atoms in total. The van der Waals surface area contributed by atoms with Crippen molar-refractivity contribution in [1.82, 2.24) is 9.55 Å². The molecule has 4 heteroatoms. The molecule has 1 heterocycles. The SMILES string of the molecule is Cc1ccc2nc(-c3ccc(-c4ccccc4)cc3)n(CCCN)c(=O)c2c1. The van der Waals surface area contributed by atoms with Crippen LogP contribution < -0.4 is 11.3 Å². The molecule has 0 aliphatic heterocycles. The molecule has 0 bridgehead atoms. The molecular formula is C24H23N3O. The number of benzene rings is 3. The third-order valence-corrected chi connectivity index (χ3v) is 4.95. The van der Waals surface area contributed by atoms with E-state index in [9.17, 15) is 4.79 Å². The molecule has 4 rings (SSSR count). The van der Waals surface area contributed by atoms with Gasteiger partial charge in [0, 0.05) is 12.1 Å². The van der Waals surface area contributed by atoms with Gasteiger partial charge in [0.25, 0.3) is 5.56 Å². The second-order valence-electron chi connectivity index (χ2n) is 7.00. The maximum absolute atomic E-state index is 13.2. The van der Waals surface area contributed by atoms with Crippen LogP contribution in [0.4, 0.5) is 0 Å². The smallest absolute Gasteiger partial charge is 0.261 e. The summed E-state index contributed by atoms with van der Waals surface area (Å²) in [6.45, 7) is 3.08. The summed E-state index contributed by atoms with van der Waals surface area (Å²) in [7, 11) is 0. The van der Waals surface area contributed by atoms with Crippen molar-refractivity contribution in [2.45, 2.75) is 19.9 Å². The average molecular weight is 369 g/mol. The fraction of sp³-hybridized carbons (Fsp3) is 0.167. The number of rotatable bonds is 5. The van der Waals surface area contributed by atoms with Gasteiger partial charge in [0.1, 0.15) is 5.82 Å². The van der Waals surface area contributed by atoms with Crippen molar-refractivity contribution in [3.05, 3.63) is 88.7 Å². The Hall–Kier alpha value is -3.24. The number of fused-ring (bicyclic) bond motifs is 1. The van der Waals surface area contributed by atoms with Gasteiger partial charge in [-0.1, -0.05) is 66.2 Å². The summed E-state index contributed by atoms with van der Waals surface area (Å²) in [5, 5.41) is 0.654. The number of hydrogen-bond acceptors (Lipinski definition) is 3. The lowest BCUT2D eigenvalue weighted by molar-refractivity contribution is 0.632. The Kier molecular flexibility index (Phi) is 5.04. The second kappa shape index (κ2) is 7.79. The van der Waals surface area contributed by atoms with Crippen LogP contribution in [0.25, 0.3) is 33.4 Å². The molecule has 0 aliphatic carbocycles. The third kappa shape index (κ3) is 3.47. The van der Waals surface area contributed by atoms with E-state index in [-0.39, 0.29) is 5.56 Å². The molecule has 0 spiro atoms. The first kappa shape index (κ1) is 18.1. The molecule has 0 aliphatic rings. The second-order valence-corrected chi connectivity index (χ2v) is 7.00. The van der Waals surface area contributed by atoms with Crippen molar-refractivity contribution >= 4 is 10.9 Å². The van der Waals surface area contributed by atoms with Crippen LogP contribution in [-0.2, 0) is 6.54 Å². The number of nitrogens with zero attached hydrogens (tertiary/aromatic N) is 2. The minimum atomic E-state index is -0.00992. The van der Waals surface area contributed by atoms with Crippen molar-refractivity contribution in [3.8, 4) is 22.5 Å². The minimum Gasteiger partial charge on any atom is -0.330 e. The summed E-state index contributed by atoms with van der Waals surface area (Å²) >= 11 is 0. The zero-order valence-electron chi connectivity index (χ0n) is 15.9. The van der Waals surface area contributed by atoms with E-state index in [4.69, 9.17) is 10.7 Å². The highest BCUT2D eigenvalue weighted by atomic mass is 16.1. The molecule has 0 unspecified atom stereocenters. The standard InChI is InChI=1S/C24H23N3O/c1-17-8-13-22-21(16-17)24(28)27(15-5-14-25)23(26-22)20-11-9-19(10-12-20)18-6-3-2-4-7-18/h2-4,6-13,16H,5,14-15,25H2,1H3. The number of aryl methyl sites for hydroxylation is 1. The predicted molar refractivity (Wildman–Crippen MR) is 115 cm³/mol. The van der Waals surface area contributed by atoms with Gasteiger partial charge in [-0.25, -0.2) is 4.98 Å². The summed E-state index contributed by atoms with van der Waals surface area (Å²) in [6.07, 6.45) is 0.730. The van der Waals surface area contributed by atoms with E-state index in [0.29, 0.717) is 24.3 Å². The van der Waals surface area contributed by atoms with Gasteiger partial charge in [-0.3, -0.25) is 9.36 Å². The Morgan fingerprint density at radius 2 is 1.57 bits per heavy atom. The van der Waals surface area contributed by atoms with Crippen molar-refractivity contribution in [1.29, 1.82) is 0 Å². The van der Waals surface area contributed by atoms with E-state index in [1.54, 1.807) is 4.57 Å². The molecule has 0 fully saturated rings. The monoisotopic (exact) mass is 369 g/mol. The van der Waals surface area contributed by atoms with Crippen molar-refractivity contribution in [2.75, 3.05) is 6.54 Å². The van der Waals surface area contributed by atoms with Gasteiger partial charge in [0.2, 0.25) is 0 Å². The molecule has 3 aromatic carbocycles. The summed E-state index contributed by atoms with van der Waals surface area (Å²) in [4.78, 5) is 18.0. The molecule has 2 N–H and O–H groups in total. The molecule has 140 valence electrons. The van der Waals surface area contributed by atoms with Crippen molar-refractivity contribution in [2.24, 2.45) is 5.73 Å². The zero-order valence-corrected chi connectivity index (χ0v) is 15.9. The molecule has 4 aromatic rings. The lowest BCUT2D eigenvalue weighted by Gasteiger charge is -2.14. The number of nitrogens with two attached hydrogens (primary N) is 1. The van der Waals surface area contributed by atoms with E-state index in [2.05, 4.69) is 24.3 Å². The van der Waals surface area contributed by atoms with Gasteiger partial charge in [-0.15, -0.1) is 0 Å². The van der Waals surface area contributed by atoms with E-state index in [1.807, 2.05) is 55.5 Å². The molecule has 0 radical (unpaired) electrons. The zero-order chi connectivity index (χ0) is 19.5. The van der Waals surface area contributed by atoms with Gasteiger partial charge in [-0.2, -0.15) is 0 Å². The van der Waals surface area contributed by atoms with Gasteiger partial charge >= 0.3 is 0 Å². The van der Waals surface area contributed by atoms with Crippen LogP contribution in [0.15, 0.2) is 77.6 Å². The first-order valence-corrected chi connectivity index (χ1v) is 9.54. The van der Waals surface area contributed by atoms with Crippen molar-refractivity contribution in [3.63, 3.8) is 0 Å². The van der Waals surface area contributed by atoms with Gasteiger partial charge in [0.05, 0.1) is 10.9 Å². The lowest BCUT2D eigenvalue weighted by atomic mass is 10.0. The van der Waals surface area contributed by atoms with Crippen LogP contribution >= 0.6 is 0 Å². The largest absolute Gasteiger partial charge is 0.330 e. The molecule has 0 saturated heterocycles. The third-order valence-electron chi connectivity index (χ3n) is 4.95. The Balaban J connectivity index is 1.85. The van der Waals surface area contributed by atoms with Crippen LogP contribution in [0, 0.1) is 6.92 Å². The quantitative estimate of drug-likeness (QED) is 0.568. The van der Waals surface area contributed by atoms with E-state index >= 15 is 0 Å². The fourth-order valence-electron chi connectivity index (χ4n) is 3.45. The first-order chi connectivity index (χ1) is 13.7. The average Bonchev–Trinajstić information content (AvgIpc) is 2.74. The van der Waals surface area contributed by atoms with Crippen molar-refractivity contribution < 1.29 is 0 Å². The fourth-order valence-corrected chi connectivity index (χ4v) is 3.45. The normalized spacial score (nSPS) is 11.1. The van der Waals surface area contributed by atoms with Gasteiger partial charge in [-0.05, 0) is 43.1 Å². The molecule has 0 amide bonds. The minimum absolute atomic E-state index is 0.00992. The molecular weight excluding hydrogens is 346 g/mol. The Bertz CT molecular complexity index is 1160. The van der Waals surface area contributed by atoms with Gasteiger partial charge in [0.15, 0.2) is 0 Å². The lowest BCUT2D eigenvalue weighted by Crippen LogP contribution is -2.24. The topological polar surface area (TPSA) is 60.9 Å². The highest BCUT2D eigenvalue weighted by Crippen LogP contribution is 2.24. The van der Waals surface area contributed by atoms with Crippen LogP contribution in [-0.4, -0.2) is 16.1 Å². The highest BCUT2D eigenvalue weighted by Gasteiger charge is 2.13. The maximum Gasteiger partial charge on any atom is 0.261 e. The van der Waals surface area contributed by atoms with Gasteiger partial charge < -0.3 is 5.73 Å². The molecule has 0 atom stereocenters. The number of hydrogen-bond donors (Lipinski definition) is 1. The number of aromatic nitrogens is 2. The summed E-state index contributed by atoms with van der Waals surface area (Å²) in [5.74, 6) is 0.689. The Labute approximate surface area is 164 Å². The summed E-state index contributed by atoms with van der Waals surface area (Å²) in [5.41, 5.74) is 10.7. The predicted octanol–water partition coefficient (Wildman–Crippen LogP) is 4.39. The van der Waals surface area contributed by atoms with E-state index < -0.39 is 0 Å². The van der Waals surface area contributed by atoms with E-state index in [0.717, 1.165) is 34.2 Å². The van der Waals surface area contributed by atoms with Crippen LogP contribution in [0.5, 0.6) is 0 Å². The summed E-state index contributed by atoms with van der Waals surface area (Å²) in [6, 6.07) is 24.3. The molecule has 1 aromatic heterocycles. The van der Waals surface area contributed by atoms with Crippen LogP contribution in [0.3, 0.4) is 0 Å². The molecule has 0 saturated carbocycles. The summed E-state index contributed by atoms with van der Waals surface area (Å²) < 4.78 is 1.76. The van der Waals surface area contributed by atoms with Crippen LogP contribution in [0.1, 0.15) is 12.0 Å². The van der Waals surface area contributed by atoms with Crippen LogP contribution in [0.2, 0.25) is 0 Å². The highest BCUT2D eigenvalue weighted by molar-refractivity contribution is 5.80. The molecule has 28 heavy (non-hydrogen) atoms. The maximum atomic E-state index is 13.2. The first-order valence-electron chi connectivity index (χ1n) is 9.54. The Morgan fingerprint density at radius 1 is 0.893 bits per heavy atom. The van der Waals surface area contributed by atoms with E-state index in [1.165, 1.54) is 0 Å².